The third-order valence-electron chi connectivity index (χ3n) is 2.04. The lowest BCUT2D eigenvalue weighted by Gasteiger charge is -2.03. The van der Waals surface area contributed by atoms with Crippen molar-refractivity contribution in [1.82, 2.24) is 5.32 Å². The van der Waals surface area contributed by atoms with E-state index >= 15 is 0 Å². The van der Waals surface area contributed by atoms with E-state index in [1.54, 1.807) is 19.2 Å². The van der Waals surface area contributed by atoms with E-state index in [1.807, 2.05) is 25.3 Å². The molecule has 0 atom stereocenters. The first-order valence-corrected chi connectivity index (χ1v) is 4.76. The lowest BCUT2D eigenvalue weighted by Crippen LogP contribution is -2.03. The van der Waals surface area contributed by atoms with Gasteiger partial charge in [0.15, 0.2) is 6.29 Å². The van der Waals surface area contributed by atoms with Gasteiger partial charge in [0.2, 0.25) is 0 Å². The van der Waals surface area contributed by atoms with Crippen LogP contribution < -0.4 is 10.1 Å². The van der Waals surface area contributed by atoms with E-state index in [0.717, 1.165) is 24.1 Å². The van der Waals surface area contributed by atoms with Crippen LogP contribution in [0.15, 0.2) is 24.3 Å². The van der Waals surface area contributed by atoms with Crippen molar-refractivity contribution in [1.29, 1.82) is 0 Å². The molecule has 15 heavy (non-hydrogen) atoms. The first-order chi connectivity index (χ1) is 7.31. The molecule has 0 amide bonds. The van der Waals surface area contributed by atoms with Crippen LogP contribution in [-0.2, 0) is 0 Å². The molecule has 0 aliphatic rings. The van der Waals surface area contributed by atoms with Gasteiger partial charge in [-0.25, -0.2) is 0 Å². The zero-order valence-electron chi connectivity index (χ0n) is 8.99. The van der Waals surface area contributed by atoms with E-state index in [1.165, 1.54) is 0 Å². The van der Waals surface area contributed by atoms with Crippen LogP contribution in [0.3, 0.4) is 0 Å². The first kappa shape index (κ1) is 11.5. The average molecular weight is 205 g/mol. The van der Waals surface area contributed by atoms with Crippen LogP contribution in [0, 0.1) is 0 Å². The quantitative estimate of drug-likeness (QED) is 0.744. The van der Waals surface area contributed by atoms with E-state index in [-0.39, 0.29) is 0 Å². The molecular formula is C12H15NO2. The number of hydrogen-bond donors (Lipinski definition) is 1. The van der Waals surface area contributed by atoms with Crippen LogP contribution in [0.2, 0.25) is 0 Å². The van der Waals surface area contributed by atoms with Crippen molar-refractivity contribution in [3.63, 3.8) is 0 Å². The Morgan fingerprint density at radius 1 is 1.40 bits per heavy atom. The Hall–Kier alpha value is -1.61. The molecule has 1 aromatic carbocycles. The molecule has 0 spiro atoms. The minimum Gasteiger partial charge on any atom is -0.497 e. The van der Waals surface area contributed by atoms with Crippen molar-refractivity contribution in [3.8, 4) is 5.75 Å². The van der Waals surface area contributed by atoms with E-state index < -0.39 is 0 Å². The summed E-state index contributed by atoms with van der Waals surface area (Å²) in [6, 6.07) is 5.37. The molecule has 3 nitrogen and oxygen atoms in total. The summed E-state index contributed by atoms with van der Waals surface area (Å²) in [5.41, 5.74) is 1.54. The zero-order valence-corrected chi connectivity index (χ0v) is 8.99. The Balaban J connectivity index is 2.95. The fourth-order valence-corrected chi connectivity index (χ4v) is 1.24. The zero-order chi connectivity index (χ0) is 11.1. The minimum atomic E-state index is 0.670. The summed E-state index contributed by atoms with van der Waals surface area (Å²) in [4.78, 5) is 10.8. The van der Waals surface area contributed by atoms with Gasteiger partial charge in [0.25, 0.3) is 0 Å². The molecule has 0 aliphatic carbocycles. The average Bonchev–Trinajstić information content (AvgIpc) is 2.29. The molecule has 0 aliphatic heterocycles. The highest BCUT2D eigenvalue weighted by Crippen LogP contribution is 2.17. The van der Waals surface area contributed by atoms with Gasteiger partial charge >= 0.3 is 0 Å². The van der Waals surface area contributed by atoms with Crippen LogP contribution in [0.4, 0.5) is 0 Å². The maximum absolute atomic E-state index is 10.8. The van der Waals surface area contributed by atoms with Gasteiger partial charge in [-0.05, 0) is 30.8 Å². The fraction of sp³-hybridized carbons (Fsp3) is 0.250. The van der Waals surface area contributed by atoms with Crippen LogP contribution in [0.5, 0.6) is 5.75 Å². The Labute approximate surface area is 89.8 Å². The molecule has 0 saturated heterocycles. The number of benzene rings is 1. The van der Waals surface area contributed by atoms with Gasteiger partial charge in [0, 0.05) is 12.1 Å². The van der Waals surface area contributed by atoms with Crippen molar-refractivity contribution in [2.24, 2.45) is 0 Å². The van der Waals surface area contributed by atoms with Crippen molar-refractivity contribution in [2.75, 3.05) is 20.7 Å². The molecule has 1 N–H and O–H groups in total. The molecule has 0 fully saturated rings. The lowest BCUT2D eigenvalue weighted by atomic mass is 10.1. The highest BCUT2D eigenvalue weighted by Gasteiger charge is 1.99. The fourth-order valence-electron chi connectivity index (χ4n) is 1.24. The Morgan fingerprint density at radius 2 is 2.20 bits per heavy atom. The van der Waals surface area contributed by atoms with Crippen LogP contribution >= 0.6 is 0 Å². The number of carbonyl (C=O) groups is 1. The van der Waals surface area contributed by atoms with Crippen LogP contribution in [0.1, 0.15) is 15.9 Å². The summed E-state index contributed by atoms with van der Waals surface area (Å²) in [5, 5.41) is 3.00. The number of hydrogen-bond acceptors (Lipinski definition) is 3. The molecule has 80 valence electrons. The summed E-state index contributed by atoms with van der Waals surface area (Å²) in [6.07, 6.45) is 4.71. The highest BCUT2D eigenvalue weighted by molar-refractivity contribution is 5.82. The van der Waals surface area contributed by atoms with E-state index in [4.69, 9.17) is 4.74 Å². The number of aldehydes is 1. The monoisotopic (exact) mass is 205 g/mol. The SMILES string of the molecule is CNCC=Cc1cc(OC)ccc1C=O. The summed E-state index contributed by atoms with van der Waals surface area (Å²) in [7, 11) is 3.48. The summed E-state index contributed by atoms with van der Waals surface area (Å²) < 4.78 is 5.10. The maximum atomic E-state index is 10.8. The lowest BCUT2D eigenvalue weighted by molar-refractivity contribution is 0.112. The number of rotatable bonds is 5. The highest BCUT2D eigenvalue weighted by atomic mass is 16.5. The van der Waals surface area contributed by atoms with Gasteiger partial charge in [-0.15, -0.1) is 0 Å². The molecular weight excluding hydrogens is 190 g/mol. The summed E-state index contributed by atoms with van der Waals surface area (Å²) >= 11 is 0. The number of ether oxygens (including phenoxy) is 1. The second-order valence-electron chi connectivity index (χ2n) is 3.07. The smallest absolute Gasteiger partial charge is 0.150 e. The molecule has 0 unspecified atom stereocenters. The van der Waals surface area contributed by atoms with E-state index in [2.05, 4.69) is 5.32 Å². The molecule has 0 radical (unpaired) electrons. The van der Waals surface area contributed by atoms with Crippen molar-refractivity contribution < 1.29 is 9.53 Å². The topological polar surface area (TPSA) is 38.3 Å². The van der Waals surface area contributed by atoms with Gasteiger partial charge < -0.3 is 10.1 Å². The maximum Gasteiger partial charge on any atom is 0.150 e. The number of nitrogens with one attached hydrogen (secondary N) is 1. The first-order valence-electron chi connectivity index (χ1n) is 4.76. The Kier molecular flexibility index (Phi) is 4.57. The van der Waals surface area contributed by atoms with Crippen LogP contribution in [0.25, 0.3) is 6.08 Å². The largest absolute Gasteiger partial charge is 0.497 e. The van der Waals surface area contributed by atoms with Crippen LogP contribution in [-0.4, -0.2) is 27.0 Å². The minimum absolute atomic E-state index is 0.670. The predicted octanol–water partition coefficient (Wildman–Crippen LogP) is 1.74. The predicted molar refractivity (Wildman–Crippen MR) is 61.3 cm³/mol. The number of carbonyl (C=O) groups excluding carboxylic acids is 1. The number of methoxy groups -OCH3 is 1. The van der Waals surface area contributed by atoms with Crippen molar-refractivity contribution in [3.05, 3.63) is 35.4 Å². The molecule has 0 heterocycles. The van der Waals surface area contributed by atoms with Gasteiger partial charge in [-0.3, -0.25) is 4.79 Å². The second kappa shape index (κ2) is 5.98. The standard InChI is InChI=1S/C12H15NO2/c1-13-7-3-4-10-8-12(15-2)6-5-11(10)9-14/h3-6,8-9,13H,7H2,1-2H3. The molecule has 0 bridgehead atoms. The Bertz CT molecular complexity index is 359. The molecule has 1 rings (SSSR count). The van der Waals surface area contributed by atoms with Crippen molar-refractivity contribution >= 4 is 12.4 Å². The van der Waals surface area contributed by atoms with Crippen molar-refractivity contribution in [2.45, 2.75) is 0 Å². The summed E-state index contributed by atoms with van der Waals surface area (Å²) in [5.74, 6) is 0.754. The normalized spacial score (nSPS) is 10.5. The van der Waals surface area contributed by atoms with Gasteiger partial charge in [0.05, 0.1) is 7.11 Å². The van der Waals surface area contributed by atoms with E-state index in [9.17, 15) is 4.79 Å². The third-order valence-corrected chi connectivity index (χ3v) is 2.04. The summed E-state index contributed by atoms with van der Waals surface area (Å²) in [6.45, 7) is 0.773. The van der Waals surface area contributed by atoms with E-state index in [0.29, 0.717) is 5.56 Å². The van der Waals surface area contributed by atoms with Gasteiger partial charge in [-0.2, -0.15) is 0 Å². The van der Waals surface area contributed by atoms with Gasteiger partial charge in [0.1, 0.15) is 5.75 Å². The number of likely N-dealkylation sites (N-methyl/N-ethyl adjacent to an activating group) is 1. The molecule has 1 aromatic rings. The second-order valence-corrected chi connectivity index (χ2v) is 3.07. The Morgan fingerprint density at radius 3 is 2.80 bits per heavy atom. The molecule has 3 heteroatoms. The van der Waals surface area contributed by atoms with Gasteiger partial charge in [-0.1, -0.05) is 12.2 Å². The molecule has 0 saturated carbocycles. The molecule has 0 aromatic heterocycles. The third kappa shape index (κ3) is 3.22.